The van der Waals surface area contributed by atoms with Crippen molar-refractivity contribution in [1.29, 1.82) is 0 Å². The van der Waals surface area contributed by atoms with Crippen LogP contribution in [0.15, 0.2) is 43.0 Å². The molecule has 1 aliphatic rings. The molecule has 0 fully saturated rings. The summed E-state index contributed by atoms with van der Waals surface area (Å²) in [5.41, 5.74) is 4.01. The van der Waals surface area contributed by atoms with Crippen LogP contribution in [0, 0.1) is 5.92 Å². The highest BCUT2D eigenvalue weighted by molar-refractivity contribution is 5.75. The van der Waals surface area contributed by atoms with Gasteiger partial charge in [0, 0.05) is 13.0 Å². The average Bonchev–Trinajstić information content (AvgIpc) is 2.71. The summed E-state index contributed by atoms with van der Waals surface area (Å²) in [6, 6.07) is 8.51. The van der Waals surface area contributed by atoms with E-state index in [1.807, 2.05) is 0 Å². The lowest BCUT2D eigenvalue weighted by molar-refractivity contribution is 0.0831. The first-order valence-electron chi connectivity index (χ1n) is 6.80. The Balaban J connectivity index is 2.12. The number of fused-ring (bicyclic) bond motifs is 1. The molecule has 2 unspecified atom stereocenters. The van der Waals surface area contributed by atoms with Crippen molar-refractivity contribution in [3.63, 3.8) is 0 Å². The van der Waals surface area contributed by atoms with Gasteiger partial charge in [0.25, 0.3) is 0 Å². The SMILES string of the molecule is C=CCOCCC=C1c2ccccc2C(OC)C1C. The van der Waals surface area contributed by atoms with Crippen LogP contribution in [0.5, 0.6) is 0 Å². The van der Waals surface area contributed by atoms with Gasteiger partial charge in [-0.1, -0.05) is 43.3 Å². The highest BCUT2D eigenvalue weighted by Gasteiger charge is 2.32. The van der Waals surface area contributed by atoms with Crippen molar-refractivity contribution >= 4 is 5.57 Å². The third-order valence-corrected chi connectivity index (χ3v) is 3.64. The van der Waals surface area contributed by atoms with E-state index in [0.717, 1.165) is 13.0 Å². The molecule has 0 saturated heterocycles. The molecule has 0 amide bonds. The summed E-state index contributed by atoms with van der Waals surface area (Å²) in [6.45, 7) is 7.23. The van der Waals surface area contributed by atoms with Gasteiger partial charge >= 0.3 is 0 Å². The molecular formula is C17H22O2. The molecule has 0 aromatic heterocycles. The van der Waals surface area contributed by atoms with Crippen LogP contribution in [0.25, 0.3) is 5.57 Å². The lowest BCUT2D eigenvalue weighted by Gasteiger charge is -2.15. The number of rotatable bonds is 6. The van der Waals surface area contributed by atoms with Crippen LogP contribution in [0.4, 0.5) is 0 Å². The average molecular weight is 258 g/mol. The van der Waals surface area contributed by atoms with E-state index in [4.69, 9.17) is 9.47 Å². The molecule has 2 atom stereocenters. The van der Waals surface area contributed by atoms with Gasteiger partial charge in [0.2, 0.25) is 0 Å². The Morgan fingerprint density at radius 2 is 2.11 bits per heavy atom. The van der Waals surface area contributed by atoms with E-state index in [1.165, 1.54) is 16.7 Å². The zero-order valence-electron chi connectivity index (χ0n) is 11.8. The van der Waals surface area contributed by atoms with Gasteiger partial charge in [0.05, 0.1) is 19.3 Å². The first-order valence-corrected chi connectivity index (χ1v) is 6.80. The Hall–Kier alpha value is -1.38. The van der Waals surface area contributed by atoms with Crippen LogP contribution < -0.4 is 0 Å². The fraction of sp³-hybridized carbons (Fsp3) is 0.412. The molecule has 2 heteroatoms. The molecule has 2 rings (SSSR count). The predicted octanol–water partition coefficient (Wildman–Crippen LogP) is 4.00. The first kappa shape index (κ1) is 14.0. The van der Waals surface area contributed by atoms with Gasteiger partial charge in [-0.3, -0.25) is 0 Å². The Labute approximate surface area is 115 Å². The zero-order valence-corrected chi connectivity index (χ0v) is 11.8. The molecule has 19 heavy (non-hydrogen) atoms. The van der Waals surface area contributed by atoms with Crippen molar-refractivity contribution in [2.75, 3.05) is 20.3 Å². The maximum absolute atomic E-state index is 5.64. The van der Waals surface area contributed by atoms with Crippen molar-refractivity contribution in [1.82, 2.24) is 0 Å². The normalized spacial score (nSPS) is 23.6. The monoisotopic (exact) mass is 258 g/mol. The Morgan fingerprint density at radius 3 is 2.84 bits per heavy atom. The van der Waals surface area contributed by atoms with E-state index in [2.05, 4.69) is 43.8 Å². The number of benzene rings is 1. The zero-order chi connectivity index (χ0) is 13.7. The second-order valence-corrected chi connectivity index (χ2v) is 4.84. The second kappa shape index (κ2) is 6.69. The van der Waals surface area contributed by atoms with Crippen molar-refractivity contribution < 1.29 is 9.47 Å². The van der Waals surface area contributed by atoms with Gasteiger partial charge in [-0.05, 0) is 23.1 Å². The smallest absolute Gasteiger partial charge is 0.0892 e. The van der Waals surface area contributed by atoms with E-state index in [1.54, 1.807) is 13.2 Å². The van der Waals surface area contributed by atoms with Gasteiger partial charge in [-0.15, -0.1) is 6.58 Å². The largest absolute Gasteiger partial charge is 0.377 e. The van der Waals surface area contributed by atoms with Crippen LogP contribution in [0.1, 0.15) is 30.6 Å². The third kappa shape index (κ3) is 2.96. The molecule has 0 spiro atoms. The summed E-state index contributed by atoms with van der Waals surface area (Å²) in [5, 5.41) is 0. The number of ether oxygens (including phenoxy) is 2. The molecule has 1 aromatic rings. The van der Waals surface area contributed by atoms with Crippen LogP contribution in [0.2, 0.25) is 0 Å². The van der Waals surface area contributed by atoms with Crippen LogP contribution in [-0.4, -0.2) is 20.3 Å². The first-order chi connectivity index (χ1) is 9.29. The maximum atomic E-state index is 5.64. The van der Waals surface area contributed by atoms with Gasteiger partial charge in [0.15, 0.2) is 0 Å². The van der Waals surface area contributed by atoms with Crippen molar-refractivity contribution in [2.45, 2.75) is 19.4 Å². The summed E-state index contributed by atoms with van der Waals surface area (Å²) < 4.78 is 11.1. The van der Waals surface area contributed by atoms with Crippen molar-refractivity contribution in [3.05, 3.63) is 54.1 Å². The summed E-state index contributed by atoms with van der Waals surface area (Å²) in [7, 11) is 1.79. The van der Waals surface area contributed by atoms with E-state index in [-0.39, 0.29) is 6.10 Å². The number of methoxy groups -OCH3 is 1. The van der Waals surface area contributed by atoms with Gasteiger partial charge in [0.1, 0.15) is 0 Å². The molecular weight excluding hydrogens is 236 g/mol. The molecule has 1 aliphatic carbocycles. The summed E-state index contributed by atoms with van der Waals surface area (Å²) >= 11 is 0. The third-order valence-electron chi connectivity index (χ3n) is 3.64. The topological polar surface area (TPSA) is 18.5 Å². The second-order valence-electron chi connectivity index (χ2n) is 4.84. The van der Waals surface area contributed by atoms with Crippen LogP contribution in [-0.2, 0) is 9.47 Å². The van der Waals surface area contributed by atoms with Gasteiger partial charge in [-0.2, -0.15) is 0 Å². The molecule has 0 heterocycles. The van der Waals surface area contributed by atoms with E-state index >= 15 is 0 Å². The summed E-state index contributed by atoms with van der Waals surface area (Å²) in [4.78, 5) is 0. The van der Waals surface area contributed by atoms with E-state index < -0.39 is 0 Å². The molecule has 0 aliphatic heterocycles. The molecule has 1 aromatic carbocycles. The Bertz CT molecular complexity index is 462. The Kier molecular flexibility index (Phi) is 4.94. The van der Waals surface area contributed by atoms with Crippen LogP contribution in [0.3, 0.4) is 0 Å². The van der Waals surface area contributed by atoms with Gasteiger partial charge < -0.3 is 9.47 Å². The predicted molar refractivity (Wildman–Crippen MR) is 79.0 cm³/mol. The molecule has 2 nitrogen and oxygen atoms in total. The quantitative estimate of drug-likeness (QED) is 0.567. The Morgan fingerprint density at radius 1 is 1.32 bits per heavy atom. The van der Waals surface area contributed by atoms with Crippen molar-refractivity contribution in [3.8, 4) is 0 Å². The molecule has 102 valence electrons. The number of hydrogen-bond acceptors (Lipinski definition) is 2. The van der Waals surface area contributed by atoms with Crippen molar-refractivity contribution in [2.24, 2.45) is 5.92 Å². The highest BCUT2D eigenvalue weighted by Crippen LogP contribution is 2.45. The summed E-state index contributed by atoms with van der Waals surface area (Å²) in [5.74, 6) is 0.404. The standard InChI is InChI=1S/C17H22O2/c1-4-11-19-12-7-10-14-13(2)17(18-3)16-9-6-5-8-15(14)16/h4-6,8-10,13,17H,1,7,11-12H2,2-3H3. The molecule has 0 saturated carbocycles. The molecule has 0 bridgehead atoms. The van der Waals surface area contributed by atoms with Crippen LogP contribution >= 0.6 is 0 Å². The molecule has 0 N–H and O–H groups in total. The lowest BCUT2D eigenvalue weighted by atomic mass is 9.99. The summed E-state index contributed by atoms with van der Waals surface area (Å²) in [6.07, 6.45) is 5.17. The lowest BCUT2D eigenvalue weighted by Crippen LogP contribution is -2.05. The fourth-order valence-electron chi connectivity index (χ4n) is 2.78. The number of hydrogen-bond donors (Lipinski definition) is 0. The fourth-order valence-corrected chi connectivity index (χ4v) is 2.78. The highest BCUT2D eigenvalue weighted by atomic mass is 16.5. The van der Waals surface area contributed by atoms with Gasteiger partial charge in [-0.25, -0.2) is 0 Å². The van der Waals surface area contributed by atoms with E-state index in [9.17, 15) is 0 Å². The minimum atomic E-state index is 0.177. The van der Waals surface area contributed by atoms with E-state index in [0.29, 0.717) is 12.5 Å². The molecule has 0 radical (unpaired) electrons. The maximum Gasteiger partial charge on any atom is 0.0892 e. The minimum Gasteiger partial charge on any atom is -0.377 e. The minimum absolute atomic E-state index is 0.177.